The van der Waals surface area contributed by atoms with Crippen molar-refractivity contribution in [3.8, 4) is 0 Å². The van der Waals surface area contributed by atoms with E-state index in [1.807, 2.05) is 0 Å². The van der Waals surface area contributed by atoms with E-state index in [4.69, 9.17) is 5.84 Å². The third kappa shape index (κ3) is 2.87. The molecule has 1 amide bonds. The van der Waals surface area contributed by atoms with Gasteiger partial charge in [-0.05, 0) is 24.3 Å². The lowest BCUT2D eigenvalue weighted by Gasteiger charge is -2.07. The number of hydrogen-bond acceptors (Lipinski definition) is 6. The summed E-state index contributed by atoms with van der Waals surface area (Å²) in [6.45, 7) is 0. The van der Waals surface area contributed by atoms with Gasteiger partial charge in [-0.2, -0.15) is 0 Å². The van der Waals surface area contributed by atoms with Crippen molar-refractivity contribution < 1.29 is 9.72 Å². The zero-order chi connectivity index (χ0) is 14.5. The summed E-state index contributed by atoms with van der Waals surface area (Å²) in [5.41, 5.74) is 2.32. The van der Waals surface area contributed by atoms with Crippen molar-refractivity contribution in [3.05, 3.63) is 58.3 Å². The number of carbonyl (C=O) groups is 1. The summed E-state index contributed by atoms with van der Waals surface area (Å²) in [5, 5.41) is 13.4. The second kappa shape index (κ2) is 5.76. The molecule has 4 N–H and O–H groups in total. The van der Waals surface area contributed by atoms with Gasteiger partial charge in [-0.15, -0.1) is 0 Å². The highest BCUT2D eigenvalue weighted by Gasteiger charge is 2.20. The number of nitrogen functional groups attached to an aromatic ring is 1. The Bertz CT molecular complexity index is 645. The van der Waals surface area contributed by atoms with E-state index >= 15 is 0 Å². The minimum atomic E-state index is -0.632. The Morgan fingerprint density at radius 1 is 1.30 bits per heavy atom. The number of nitro benzene ring substituents is 1. The maximum Gasteiger partial charge on any atom is 0.282 e. The number of nitrogens with one attached hydrogen (secondary N) is 2. The number of hydrogen-bond donors (Lipinski definition) is 3. The lowest BCUT2D eigenvalue weighted by molar-refractivity contribution is -0.385. The molecule has 2 rings (SSSR count). The monoisotopic (exact) mass is 273 g/mol. The molecule has 0 spiro atoms. The van der Waals surface area contributed by atoms with Crippen LogP contribution in [0.5, 0.6) is 0 Å². The molecule has 0 fully saturated rings. The highest BCUT2D eigenvalue weighted by Crippen LogP contribution is 2.23. The Hall–Kier alpha value is -3.00. The summed E-state index contributed by atoms with van der Waals surface area (Å²) in [4.78, 5) is 26.3. The molecule has 20 heavy (non-hydrogen) atoms. The predicted molar refractivity (Wildman–Crippen MR) is 73.1 cm³/mol. The fraction of sp³-hybridized carbons (Fsp3) is 0. The lowest BCUT2D eigenvalue weighted by Crippen LogP contribution is -2.16. The van der Waals surface area contributed by atoms with Gasteiger partial charge in [0.15, 0.2) is 0 Å². The molecule has 0 bridgehead atoms. The van der Waals surface area contributed by atoms with E-state index in [-0.39, 0.29) is 11.3 Å². The topological polar surface area (TPSA) is 123 Å². The molecule has 102 valence electrons. The first-order valence-electron chi connectivity index (χ1n) is 5.59. The van der Waals surface area contributed by atoms with Gasteiger partial charge in [-0.1, -0.05) is 6.07 Å². The summed E-state index contributed by atoms with van der Waals surface area (Å²) in [6, 6.07) is 8.88. The van der Waals surface area contributed by atoms with Crippen molar-refractivity contribution >= 4 is 23.1 Å². The van der Waals surface area contributed by atoms with Crippen molar-refractivity contribution in [1.82, 2.24) is 4.98 Å². The van der Waals surface area contributed by atoms with Crippen LogP contribution in [0.1, 0.15) is 10.4 Å². The highest BCUT2D eigenvalue weighted by molar-refractivity contribution is 6.07. The van der Waals surface area contributed by atoms with E-state index in [0.717, 1.165) is 0 Å². The third-order valence-electron chi connectivity index (χ3n) is 2.51. The number of nitro groups is 1. The van der Waals surface area contributed by atoms with Gasteiger partial charge in [0.1, 0.15) is 11.4 Å². The Kier molecular flexibility index (Phi) is 3.87. The molecule has 8 nitrogen and oxygen atoms in total. The molecule has 1 heterocycles. The molecule has 0 unspecified atom stereocenters. The standard InChI is InChI=1S/C12H11N5O3/c13-16-8-4-5-10(17(19)20)9(7-8)12(18)15-11-3-1-2-6-14-11/h1-7,16H,13H2,(H,14,15,18). The van der Waals surface area contributed by atoms with E-state index < -0.39 is 10.8 Å². The van der Waals surface area contributed by atoms with Gasteiger partial charge in [-0.3, -0.25) is 20.8 Å². The normalized spacial score (nSPS) is 9.85. The van der Waals surface area contributed by atoms with Crippen molar-refractivity contribution in [1.29, 1.82) is 0 Å². The van der Waals surface area contributed by atoms with Crippen LogP contribution in [-0.4, -0.2) is 15.8 Å². The molecule has 1 aromatic carbocycles. The molecule has 0 radical (unpaired) electrons. The van der Waals surface area contributed by atoms with Gasteiger partial charge in [0.2, 0.25) is 0 Å². The number of anilines is 2. The Labute approximate surface area is 113 Å². The summed E-state index contributed by atoms with van der Waals surface area (Å²) in [5.74, 6) is 4.91. The maximum atomic E-state index is 12.1. The molecule has 8 heteroatoms. The van der Waals surface area contributed by atoms with Crippen LogP contribution in [-0.2, 0) is 0 Å². The lowest BCUT2D eigenvalue weighted by atomic mass is 10.1. The molecule has 0 atom stereocenters. The zero-order valence-electron chi connectivity index (χ0n) is 10.2. The fourth-order valence-electron chi connectivity index (χ4n) is 1.59. The number of carbonyl (C=O) groups excluding carboxylic acids is 1. The van der Waals surface area contributed by atoms with E-state index in [9.17, 15) is 14.9 Å². The van der Waals surface area contributed by atoms with Crippen molar-refractivity contribution in [2.45, 2.75) is 0 Å². The minimum absolute atomic E-state index is 0.101. The molecule has 0 aliphatic heterocycles. The molecular weight excluding hydrogens is 262 g/mol. The Morgan fingerprint density at radius 2 is 2.10 bits per heavy atom. The maximum absolute atomic E-state index is 12.1. The van der Waals surface area contributed by atoms with Crippen LogP contribution in [0.2, 0.25) is 0 Å². The van der Waals surface area contributed by atoms with Crippen molar-refractivity contribution in [2.75, 3.05) is 10.7 Å². The minimum Gasteiger partial charge on any atom is -0.324 e. The first-order chi connectivity index (χ1) is 9.61. The van der Waals surface area contributed by atoms with Crippen LogP contribution in [0.3, 0.4) is 0 Å². The SMILES string of the molecule is NNc1ccc([N+](=O)[O-])c(C(=O)Nc2ccccn2)c1. The van der Waals surface area contributed by atoms with E-state index in [1.54, 1.807) is 18.2 Å². The Balaban J connectivity index is 2.35. The van der Waals surface area contributed by atoms with Gasteiger partial charge in [0, 0.05) is 18.0 Å². The highest BCUT2D eigenvalue weighted by atomic mass is 16.6. The summed E-state index contributed by atoms with van der Waals surface area (Å²) in [7, 11) is 0. The van der Waals surface area contributed by atoms with Crippen LogP contribution in [0, 0.1) is 10.1 Å². The van der Waals surface area contributed by atoms with Crippen LogP contribution in [0.15, 0.2) is 42.6 Å². The molecule has 1 aromatic heterocycles. The van der Waals surface area contributed by atoms with Gasteiger partial charge < -0.3 is 10.7 Å². The number of benzene rings is 1. The predicted octanol–water partition coefficient (Wildman–Crippen LogP) is 1.53. The number of nitrogens with two attached hydrogens (primary N) is 1. The van der Waals surface area contributed by atoms with Gasteiger partial charge in [0.25, 0.3) is 11.6 Å². The van der Waals surface area contributed by atoms with Crippen molar-refractivity contribution in [3.63, 3.8) is 0 Å². The number of rotatable bonds is 4. The smallest absolute Gasteiger partial charge is 0.282 e. The quantitative estimate of drug-likeness (QED) is 0.441. The summed E-state index contributed by atoms with van der Waals surface area (Å²) in [6.07, 6.45) is 1.50. The first kappa shape index (κ1) is 13.4. The fourth-order valence-corrected chi connectivity index (χ4v) is 1.59. The second-order valence-electron chi connectivity index (χ2n) is 3.80. The van der Waals surface area contributed by atoms with E-state index in [1.165, 1.54) is 24.4 Å². The summed E-state index contributed by atoms with van der Waals surface area (Å²) >= 11 is 0. The third-order valence-corrected chi connectivity index (χ3v) is 2.51. The molecule has 0 saturated heterocycles. The number of aromatic nitrogens is 1. The van der Waals surface area contributed by atoms with Crippen LogP contribution in [0.4, 0.5) is 17.2 Å². The van der Waals surface area contributed by atoms with Crippen LogP contribution < -0.4 is 16.6 Å². The van der Waals surface area contributed by atoms with Crippen molar-refractivity contribution in [2.24, 2.45) is 5.84 Å². The van der Waals surface area contributed by atoms with Gasteiger partial charge in [0.05, 0.1) is 4.92 Å². The van der Waals surface area contributed by atoms with Gasteiger partial charge in [-0.25, -0.2) is 4.98 Å². The molecule has 0 aliphatic rings. The number of amides is 1. The Morgan fingerprint density at radius 3 is 2.70 bits per heavy atom. The molecule has 0 aliphatic carbocycles. The summed E-state index contributed by atoms with van der Waals surface area (Å²) < 4.78 is 0. The zero-order valence-corrected chi connectivity index (χ0v) is 10.2. The molecular formula is C12H11N5O3. The average molecular weight is 273 g/mol. The van der Waals surface area contributed by atoms with E-state index in [2.05, 4.69) is 15.7 Å². The number of pyridine rings is 1. The molecule has 0 saturated carbocycles. The molecule has 2 aromatic rings. The van der Waals surface area contributed by atoms with Crippen LogP contribution in [0.25, 0.3) is 0 Å². The van der Waals surface area contributed by atoms with Gasteiger partial charge >= 0.3 is 0 Å². The van der Waals surface area contributed by atoms with Crippen LogP contribution >= 0.6 is 0 Å². The number of nitrogens with zero attached hydrogens (tertiary/aromatic N) is 2. The largest absolute Gasteiger partial charge is 0.324 e. The number of hydrazine groups is 1. The van der Waals surface area contributed by atoms with E-state index in [0.29, 0.717) is 11.5 Å². The second-order valence-corrected chi connectivity index (χ2v) is 3.80. The first-order valence-corrected chi connectivity index (χ1v) is 5.59. The average Bonchev–Trinajstić information content (AvgIpc) is 2.47.